The number of halogens is 1. The van der Waals surface area contributed by atoms with Gasteiger partial charge in [-0.2, -0.15) is 5.10 Å². The van der Waals surface area contributed by atoms with Crippen LogP contribution < -0.4 is 16.4 Å². The predicted molar refractivity (Wildman–Crippen MR) is 118 cm³/mol. The summed E-state index contributed by atoms with van der Waals surface area (Å²) in [4.78, 5) is 16.7. The maximum atomic E-state index is 12.4. The molecule has 1 amide bonds. The Bertz CT molecular complexity index is 1220. The molecule has 0 spiro atoms. The lowest BCUT2D eigenvalue weighted by Gasteiger charge is -2.13. The summed E-state index contributed by atoms with van der Waals surface area (Å²) in [6.07, 6.45) is 3.32. The summed E-state index contributed by atoms with van der Waals surface area (Å²) in [7, 11) is 0. The first-order chi connectivity index (χ1) is 14.5. The number of hydrogen-bond acceptors (Lipinski definition) is 6. The molecular weight excluding hydrogens is 404 g/mol. The number of carbonyl (C=O) groups is 1. The van der Waals surface area contributed by atoms with Gasteiger partial charge in [0.1, 0.15) is 12.4 Å². The number of nitrogens with zero attached hydrogens (tertiary/aromatic N) is 3. The maximum Gasteiger partial charge on any atom is 0.246 e. The fourth-order valence-electron chi connectivity index (χ4n) is 3.13. The lowest BCUT2D eigenvalue weighted by molar-refractivity contribution is -0.116. The maximum absolute atomic E-state index is 12.4. The third-order valence-electron chi connectivity index (χ3n) is 4.41. The molecule has 0 fully saturated rings. The van der Waals surface area contributed by atoms with E-state index in [1.807, 2.05) is 18.2 Å². The van der Waals surface area contributed by atoms with E-state index in [0.29, 0.717) is 27.8 Å². The molecule has 0 bridgehead atoms. The number of nitrogens with two attached hydrogens (primary N) is 1. The minimum absolute atomic E-state index is 0.0269. The molecule has 2 heterocycles. The smallest absolute Gasteiger partial charge is 0.246 e. The molecule has 0 aliphatic rings. The van der Waals surface area contributed by atoms with Gasteiger partial charge in [0.2, 0.25) is 5.91 Å². The molecule has 0 radical (unpaired) electrons. The van der Waals surface area contributed by atoms with Gasteiger partial charge in [-0.05, 0) is 54.1 Å². The van der Waals surface area contributed by atoms with E-state index in [1.165, 1.54) is 4.68 Å². The molecule has 0 aliphatic heterocycles. The zero-order valence-electron chi connectivity index (χ0n) is 15.8. The molecule has 0 atom stereocenters. The van der Waals surface area contributed by atoms with Crippen LogP contribution >= 0.6 is 11.6 Å². The number of anilines is 4. The molecule has 0 unspecified atom stereocenters. The molecule has 4 aromatic rings. The summed E-state index contributed by atoms with van der Waals surface area (Å²) in [5.41, 5.74) is 9.08. The van der Waals surface area contributed by atoms with Crippen molar-refractivity contribution in [2.75, 3.05) is 16.4 Å². The summed E-state index contributed by atoms with van der Waals surface area (Å²) in [6.45, 7) is -0.139. The highest BCUT2D eigenvalue weighted by Gasteiger charge is 2.09. The number of aromatic nitrogens is 3. The summed E-state index contributed by atoms with van der Waals surface area (Å²) in [5.74, 6) is 0.0885. The molecule has 0 saturated carbocycles. The highest BCUT2D eigenvalue weighted by molar-refractivity contribution is 6.31. The second-order valence-electron chi connectivity index (χ2n) is 6.71. The van der Waals surface area contributed by atoms with E-state index in [-0.39, 0.29) is 19.1 Å². The van der Waals surface area contributed by atoms with Crippen LogP contribution in [0.2, 0.25) is 5.02 Å². The topological polar surface area (TPSA) is 118 Å². The van der Waals surface area contributed by atoms with Crippen molar-refractivity contribution < 1.29 is 9.90 Å². The number of carbonyl (C=O) groups excluding carboxylic acids is 1. The lowest BCUT2D eigenvalue weighted by Crippen LogP contribution is -2.19. The Hall–Kier alpha value is -3.62. The highest BCUT2D eigenvalue weighted by atomic mass is 35.5. The molecule has 152 valence electrons. The standard InChI is InChI=1S/C21H19ClN6O2/c22-14-1-2-17-18(3-5-24-19(17)9-14)25-15-7-13(12-29)8-16(10-15)26-21(30)11-28-6-4-20(23)27-28/h1-10,29H,11-12H2,(H2,23,27)(H,24,25)(H,26,30). The predicted octanol–water partition coefficient (Wildman–Crippen LogP) is 3.54. The quantitative estimate of drug-likeness (QED) is 0.377. The monoisotopic (exact) mass is 422 g/mol. The van der Waals surface area contributed by atoms with E-state index in [0.717, 1.165) is 16.6 Å². The molecule has 30 heavy (non-hydrogen) atoms. The van der Waals surface area contributed by atoms with E-state index < -0.39 is 0 Å². The van der Waals surface area contributed by atoms with Crippen molar-refractivity contribution in [3.8, 4) is 0 Å². The Kier molecular flexibility index (Phi) is 5.51. The number of aliphatic hydroxyl groups is 1. The number of nitrogen functional groups attached to an aromatic ring is 1. The molecular formula is C21H19ClN6O2. The average molecular weight is 423 g/mol. The van der Waals surface area contributed by atoms with Crippen LogP contribution in [-0.2, 0) is 17.9 Å². The first-order valence-corrected chi connectivity index (χ1v) is 9.53. The van der Waals surface area contributed by atoms with Crippen LogP contribution in [0.3, 0.4) is 0 Å². The normalized spacial score (nSPS) is 10.9. The van der Waals surface area contributed by atoms with Crippen molar-refractivity contribution in [2.24, 2.45) is 0 Å². The van der Waals surface area contributed by atoms with Crippen molar-refractivity contribution >= 4 is 51.3 Å². The lowest BCUT2D eigenvalue weighted by atomic mass is 10.1. The van der Waals surface area contributed by atoms with Crippen LogP contribution in [0.25, 0.3) is 10.9 Å². The second kappa shape index (κ2) is 8.40. The van der Waals surface area contributed by atoms with Gasteiger partial charge in [-0.3, -0.25) is 14.5 Å². The van der Waals surface area contributed by atoms with Crippen LogP contribution in [0.4, 0.5) is 22.9 Å². The summed E-state index contributed by atoms with van der Waals surface area (Å²) in [6, 6.07) is 14.3. The third kappa shape index (κ3) is 4.51. The molecule has 2 aromatic heterocycles. The molecule has 8 nitrogen and oxygen atoms in total. The van der Waals surface area contributed by atoms with Gasteiger partial charge in [0.25, 0.3) is 0 Å². The molecule has 5 N–H and O–H groups in total. The second-order valence-corrected chi connectivity index (χ2v) is 7.14. The van der Waals surface area contributed by atoms with Gasteiger partial charge in [0, 0.05) is 39.9 Å². The van der Waals surface area contributed by atoms with Crippen molar-refractivity contribution in [1.29, 1.82) is 0 Å². The van der Waals surface area contributed by atoms with E-state index in [9.17, 15) is 9.90 Å². The minimum atomic E-state index is -0.261. The third-order valence-corrected chi connectivity index (χ3v) is 4.64. The number of rotatable bonds is 6. The van der Waals surface area contributed by atoms with Crippen LogP contribution in [0.15, 0.2) is 60.9 Å². The van der Waals surface area contributed by atoms with Crippen LogP contribution in [-0.4, -0.2) is 25.8 Å². The van der Waals surface area contributed by atoms with Crippen molar-refractivity contribution in [1.82, 2.24) is 14.8 Å². The SMILES string of the molecule is Nc1ccn(CC(=O)Nc2cc(CO)cc(Nc3ccnc4cc(Cl)ccc34)c2)n1. The molecule has 4 rings (SSSR count). The number of hydrogen-bond donors (Lipinski definition) is 4. The van der Waals surface area contributed by atoms with E-state index in [4.69, 9.17) is 17.3 Å². The largest absolute Gasteiger partial charge is 0.392 e. The Labute approximate surface area is 177 Å². The number of benzene rings is 2. The zero-order valence-corrected chi connectivity index (χ0v) is 16.6. The van der Waals surface area contributed by atoms with E-state index in [2.05, 4.69) is 20.7 Å². The summed E-state index contributed by atoms with van der Waals surface area (Å²) in [5, 5.41) is 21.3. The number of pyridine rings is 1. The Balaban J connectivity index is 1.58. The average Bonchev–Trinajstić information content (AvgIpc) is 3.12. The summed E-state index contributed by atoms with van der Waals surface area (Å²) >= 11 is 6.06. The zero-order chi connectivity index (χ0) is 21.1. The number of amides is 1. The van der Waals surface area contributed by atoms with Crippen molar-refractivity contribution in [3.63, 3.8) is 0 Å². The Morgan fingerprint density at radius 3 is 2.73 bits per heavy atom. The first-order valence-electron chi connectivity index (χ1n) is 9.15. The fourth-order valence-corrected chi connectivity index (χ4v) is 3.29. The molecule has 0 saturated heterocycles. The van der Waals surface area contributed by atoms with Gasteiger partial charge in [0.05, 0.1) is 12.1 Å². The molecule has 2 aromatic carbocycles. The first kappa shape index (κ1) is 19.7. The van der Waals surface area contributed by atoms with Gasteiger partial charge < -0.3 is 21.5 Å². The van der Waals surface area contributed by atoms with E-state index >= 15 is 0 Å². The van der Waals surface area contributed by atoms with Crippen LogP contribution in [0.5, 0.6) is 0 Å². The van der Waals surface area contributed by atoms with Crippen LogP contribution in [0.1, 0.15) is 5.56 Å². The summed E-state index contributed by atoms with van der Waals surface area (Å²) < 4.78 is 1.45. The van der Waals surface area contributed by atoms with Gasteiger partial charge >= 0.3 is 0 Å². The minimum Gasteiger partial charge on any atom is -0.392 e. The highest BCUT2D eigenvalue weighted by Crippen LogP contribution is 2.29. The Morgan fingerprint density at radius 1 is 1.13 bits per heavy atom. The molecule has 9 heteroatoms. The van der Waals surface area contributed by atoms with E-state index in [1.54, 1.807) is 42.7 Å². The van der Waals surface area contributed by atoms with Gasteiger partial charge in [-0.1, -0.05) is 11.6 Å². The van der Waals surface area contributed by atoms with Gasteiger partial charge in [0.15, 0.2) is 0 Å². The number of nitrogens with one attached hydrogen (secondary N) is 2. The number of fused-ring (bicyclic) bond motifs is 1. The van der Waals surface area contributed by atoms with Gasteiger partial charge in [-0.15, -0.1) is 0 Å². The van der Waals surface area contributed by atoms with Crippen molar-refractivity contribution in [3.05, 3.63) is 71.5 Å². The van der Waals surface area contributed by atoms with Gasteiger partial charge in [-0.25, -0.2) is 0 Å². The number of aliphatic hydroxyl groups excluding tert-OH is 1. The molecule has 0 aliphatic carbocycles. The van der Waals surface area contributed by atoms with Crippen LogP contribution in [0, 0.1) is 0 Å². The fraction of sp³-hybridized carbons (Fsp3) is 0.0952. The van der Waals surface area contributed by atoms with Crippen molar-refractivity contribution in [2.45, 2.75) is 13.2 Å². The Morgan fingerprint density at radius 2 is 1.97 bits per heavy atom.